The zero-order chi connectivity index (χ0) is 14.4. The summed E-state index contributed by atoms with van der Waals surface area (Å²) in [5.41, 5.74) is 1.37. The van der Waals surface area contributed by atoms with Crippen LogP contribution in [0, 0.1) is 5.92 Å². The molecule has 112 valence electrons. The van der Waals surface area contributed by atoms with Gasteiger partial charge in [0.25, 0.3) is 0 Å². The first-order chi connectivity index (χ1) is 9.70. The van der Waals surface area contributed by atoms with Crippen LogP contribution in [0.15, 0.2) is 27.6 Å². The van der Waals surface area contributed by atoms with Gasteiger partial charge in [-0.2, -0.15) is 0 Å². The third-order valence-corrected chi connectivity index (χ3v) is 6.33. The smallest absolute Gasteiger partial charge is 0.0314 e. The summed E-state index contributed by atoms with van der Waals surface area (Å²) in [5.74, 6) is 2.22. The SMILES string of the molecule is CCCNC(C)c1ccc(SCC2CCCC2)c(Br)c1. The fraction of sp³-hybridized carbons (Fsp3) is 0.647. The lowest BCUT2D eigenvalue weighted by Gasteiger charge is -2.16. The molecule has 3 heteroatoms. The Hall–Kier alpha value is 0.01000. The average molecular weight is 356 g/mol. The Labute approximate surface area is 136 Å². The molecular formula is C17H26BrNS. The van der Waals surface area contributed by atoms with E-state index in [1.807, 2.05) is 11.8 Å². The Morgan fingerprint density at radius 1 is 1.35 bits per heavy atom. The predicted octanol–water partition coefficient (Wildman–Crippen LogP) is 5.79. The number of nitrogens with one attached hydrogen (secondary N) is 1. The van der Waals surface area contributed by atoms with Crippen molar-refractivity contribution in [1.29, 1.82) is 0 Å². The Morgan fingerprint density at radius 3 is 2.75 bits per heavy atom. The molecule has 1 saturated carbocycles. The zero-order valence-corrected chi connectivity index (χ0v) is 15.0. The van der Waals surface area contributed by atoms with Crippen LogP contribution in [0.2, 0.25) is 0 Å². The van der Waals surface area contributed by atoms with Crippen LogP contribution in [0.25, 0.3) is 0 Å². The van der Waals surface area contributed by atoms with Crippen molar-refractivity contribution in [3.8, 4) is 0 Å². The van der Waals surface area contributed by atoms with Gasteiger partial charge in [0.2, 0.25) is 0 Å². The third kappa shape index (κ3) is 4.78. The van der Waals surface area contributed by atoms with Crippen molar-refractivity contribution in [2.45, 2.75) is 56.9 Å². The molecule has 1 aliphatic carbocycles. The molecule has 0 aromatic heterocycles. The molecule has 1 unspecified atom stereocenters. The van der Waals surface area contributed by atoms with E-state index in [9.17, 15) is 0 Å². The average Bonchev–Trinajstić information content (AvgIpc) is 2.96. The molecule has 0 amide bonds. The van der Waals surface area contributed by atoms with Gasteiger partial charge in [0.15, 0.2) is 0 Å². The number of rotatable bonds is 7. The number of halogens is 1. The van der Waals surface area contributed by atoms with Gasteiger partial charge in [-0.25, -0.2) is 0 Å². The minimum Gasteiger partial charge on any atom is -0.310 e. The van der Waals surface area contributed by atoms with Crippen molar-refractivity contribution >= 4 is 27.7 Å². The van der Waals surface area contributed by atoms with E-state index in [4.69, 9.17) is 0 Å². The Kier molecular flexibility index (Phi) is 6.92. The minimum atomic E-state index is 0.431. The van der Waals surface area contributed by atoms with E-state index in [0.717, 1.165) is 12.5 Å². The maximum atomic E-state index is 3.74. The van der Waals surface area contributed by atoms with Gasteiger partial charge in [0.1, 0.15) is 0 Å². The van der Waals surface area contributed by atoms with Crippen molar-refractivity contribution < 1.29 is 0 Å². The molecule has 1 nitrogen and oxygen atoms in total. The number of thioether (sulfide) groups is 1. The van der Waals surface area contributed by atoms with Crippen molar-refractivity contribution in [3.63, 3.8) is 0 Å². The zero-order valence-electron chi connectivity index (χ0n) is 12.6. The van der Waals surface area contributed by atoms with Crippen LogP contribution in [0.4, 0.5) is 0 Å². The van der Waals surface area contributed by atoms with E-state index in [1.54, 1.807) is 0 Å². The van der Waals surface area contributed by atoms with Crippen LogP contribution in [0.3, 0.4) is 0 Å². The fourth-order valence-corrected chi connectivity index (χ4v) is 4.62. The highest BCUT2D eigenvalue weighted by Gasteiger charge is 2.16. The normalized spacial score (nSPS) is 17.6. The minimum absolute atomic E-state index is 0.431. The summed E-state index contributed by atoms with van der Waals surface area (Å²) < 4.78 is 1.25. The van der Waals surface area contributed by atoms with Gasteiger partial charge in [-0.3, -0.25) is 0 Å². The summed E-state index contributed by atoms with van der Waals surface area (Å²) in [5, 5.41) is 3.54. The van der Waals surface area contributed by atoms with E-state index >= 15 is 0 Å². The number of benzene rings is 1. The van der Waals surface area contributed by atoms with Gasteiger partial charge >= 0.3 is 0 Å². The van der Waals surface area contributed by atoms with Crippen LogP contribution in [0.1, 0.15) is 57.6 Å². The highest BCUT2D eigenvalue weighted by molar-refractivity contribution is 9.10. The van der Waals surface area contributed by atoms with Crippen molar-refractivity contribution in [2.75, 3.05) is 12.3 Å². The lowest BCUT2D eigenvalue weighted by molar-refractivity contribution is 0.570. The molecular weight excluding hydrogens is 330 g/mol. The molecule has 1 fully saturated rings. The maximum absolute atomic E-state index is 3.74. The van der Waals surface area contributed by atoms with Crippen LogP contribution >= 0.6 is 27.7 Å². The second kappa shape index (κ2) is 8.45. The topological polar surface area (TPSA) is 12.0 Å². The van der Waals surface area contributed by atoms with Gasteiger partial charge in [-0.1, -0.05) is 25.8 Å². The quantitative estimate of drug-likeness (QED) is 0.621. The molecule has 0 saturated heterocycles. The molecule has 1 atom stereocenters. The first-order valence-corrected chi connectivity index (χ1v) is 9.64. The molecule has 2 rings (SSSR count). The van der Waals surface area contributed by atoms with E-state index in [0.29, 0.717) is 6.04 Å². The summed E-state index contributed by atoms with van der Waals surface area (Å²) in [6, 6.07) is 7.27. The lowest BCUT2D eigenvalue weighted by atomic mass is 10.1. The lowest BCUT2D eigenvalue weighted by Crippen LogP contribution is -2.19. The number of hydrogen-bond acceptors (Lipinski definition) is 2. The Bertz CT molecular complexity index is 415. The molecule has 20 heavy (non-hydrogen) atoms. The molecule has 0 spiro atoms. The molecule has 0 bridgehead atoms. The fourth-order valence-electron chi connectivity index (χ4n) is 2.77. The van der Waals surface area contributed by atoms with E-state index in [2.05, 4.69) is 53.3 Å². The van der Waals surface area contributed by atoms with Crippen LogP contribution in [-0.2, 0) is 0 Å². The summed E-state index contributed by atoms with van der Waals surface area (Å²) in [4.78, 5) is 1.39. The monoisotopic (exact) mass is 355 g/mol. The second-order valence-electron chi connectivity index (χ2n) is 5.83. The van der Waals surface area contributed by atoms with Gasteiger partial charge < -0.3 is 5.32 Å². The molecule has 0 heterocycles. The highest BCUT2D eigenvalue weighted by Crippen LogP contribution is 2.35. The molecule has 1 N–H and O–H groups in total. The van der Waals surface area contributed by atoms with Gasteiger partial charge in [0.05, 0.1) is 0 Å². The molecule has 1 aromatic rings. The van der Waals surface area contributed by atoms with E-state index in [-0.39, 0.29) is 0 Å². The van der Waals surface area contributed by atoms with Crippen molar-refractivity contribution in [3.05, 3.63) is 28.2 Å². The maximum Gasteiger partial charge on any atom is 0.0314 e. The molecule has 0 aliphatic heterocycles. The van der Waals surface area contributed by atoms with Gasteiger partial charge in [-0.15, -0.1) is 11.8 Å². The van der Waals surface area contributed by atoms with Gasteiger partial charge in [0, 0.05) is 21.2 Å². The second-order valence-corrected chi connectivity index (χ2v) is 7.74. The Morgan fingerprint density at radius 2 is 2.10 bits per heavy atom. The summed E-state index contributed by atoms with van der Waals surface area (Å²) in [6.45, 7) is 5.53. The first kappa shape index (κ1) is 16.4. The Balaban J connectivity index is 1.91. The highest BCUT2D eigenvalue weighted by atomic mass is 79.9. The predicted molar refractivity (Wildman–Crippen MR) is 93.5 cm³/mol. The van der Waals surface area contributed by atoms with Crippen LogP contribution in [0.5, 0.6) is 0 Å². The van der Waals surface area contributed by atoms with Crippen LogP contribution in [-0.4, -0.2) is 12.3 Å². The largest absolute Gasteiger partial charge is 0.310 e. The van der Waals surface area contributed by atoms with E-state index < -0.39 is 0 Å². The molecule has 1 aromatic carbocycles. The third-order valence-electron chi connectivity index (χ3n) is 4.11. The first-order valence-electron chi connectivity index (χ1n) is 7.86. The van der Waals surface area contributed by atoms with Gasteiger partial charge in [-0.05, 0) is 72.3 Å². The summed E-state index contributed by atoms with van der Waals surface area (Å²) >= 11 is 5.76. The standard InChI is InChI=1S/C17H26BrNS/c1-3-10-19-13(2)15-8-9-17(16(18)11-15)20-12-14-6-4-5-7-14/h8-9,11,13-14,19H,3-7,10,12H2,1-2H3. The van der Waals surface area contributed by atoms with E-state index in [1.165, 1.54) is 52.8 Å². The van der Waals surface area contributed by atoms with Crippen LogP contribution < -0.4 is 5.32 Å². The summed E-state index contributed by atoms with van der Waals surface area (Å²) in [6.07, 6.45) is 6.92. The molecule has 0 radical (unpaired) electrons. The van der Waals surface area contributed by atoms with Crippen molar-refractivity contribution in [1.82, 2.24) is 5.32 Å². The number of hydrogen-bond donors (Lipinski definition) is 1. The molecule has 1 aliphatic rings. The van der Waals surface area contributed by atoms with Crippen molar-refractivity contribution in [2.24, 2.45) is 5.92 Å². The summed E-state index contributed by atoms with van der Waals surface area (Å²) in [7, 11) is 0.